The molecule has 0 atom stereocenters. The second-order valence-electron chi connectivity index (χ2n) is 4.43. The molecule has 1 N–H and O–H groups in total. The molecule has 3 nitrogen and oxygen atoms in total. The Bertz CT molecular complexity index is 839. The summed E-state index contributed by atoms with van der Waals surface area (Å²) in [6, 6.07) is 14.6. The first kappa shape index (κ1) is 12.8. The van der Waals surface area contributed by atoms with Crippen molar-refractivity contribution in [2.75, 3.05) is 12.4 Å². The van der Waals surface area contributed by atoms with E-state index in [-0.39, 0.29) is 5.63 Å². The molecule has 2 aromatic carbocycles. The van der Waals surface area contributed by atoms with Crippen LogP contribution in [0.2, 0.25) is 5.02 Å². The smallest absolute Gasteiger partial charge is 0.344 e. The molecular weight excluding hydrogens is 274 g/mol. The summed E-state index contributed by atoms with van der Waals surface area (Å²) in [7, 11) is 1.79. The number of benzene rings is 2. The summed E-state index contributed by atoms with van der Waals surface area (Å²) in [6.07, 6.45) is 0. The van der Waals surface area contributed by atoms with Crippen LogP contribution in [-0.4, -0.2) is 7.05 Å². The molecule has 20 heavy (non-hydrogen) atoms. The van der Waals surface area contributed by atoms with Gasteiger partial charge in [0.15, 0.2) is 0 Å². The zero-order valence-corrected chi connectivity index (χ0v) is 11.6. The highest BCUT2D eigenvalue weighted by Crippen LogP contribution is 2.30. The van der Waals surface area contributed by atoms with Crippen molar-refractivity contribution in [3.05, 3.63) is 64.0 Å². The van der Waals surface area contributed by atoms with E-state index in [9.17, 15) is 4.79 Å². The number of hydrogen-bond acceptors (Lipinski definition) is 3. The lowest BCUT2D eigenvalue weighted by atomic mass is 10.0. The Morgan fingerprint density at radius 1 is 1.05 bits per heavy atom. The van der Waals surface area contributed by atoms with Crippen molar-refractivity contribution in [2.45, 2.75) is 0 Å². The summed E-state index contributed by atoms with van der Waals surface area (Å²) in [5.41, 5.74) is 2.31. The molecule has 0 aliphatic heterocycles. The molecular formula is C16H12ClNO2. The lowest BCUT2D eigenvalue weighted by Crippen LogP contribution is -2.04. The van der Waals surface area contributed by atoms with Crippen molar-refractivity contribution >= 4 is 28.3 Å². The number of anilines is 1. The zero-order chi connectivity index (χ0) is 14.1. The maximum atomic E-state index is 12.2. The van der Waals surface area contributed by atoms with Gasteiger partial charge in [0, 0.05) is 28.7 Å². The average molecular weight is 286 g/mol. The van der Waals surface area contributed by atoms with Gasteiger partial charge in [-0.1, -0.05) is 35.9 Å². The van der Waals surface area contributed by atoms with E-state index >= 15 is 0 Å². The normalized spacial score (nSPS) is 10.7. The fraction of sp³-hybridized carbons (Fsp3) is 0.0625. The second kappa shape index (κ2) is 5.02. The maximum Gasteiger partial charge on any atom is 0.344 e. The third-order valence-corrected chi connectivity index (χ3v) is 3.42. The molecule has 0 bridgehead atoms. The predicted octanol–water partition coefficient (Wildman–Crippen LogP) is 4.16. The van der Waals surface area contributed by atoms with E-state index in [1.54, 1.807) is 25.2 Å². The molecule has 0 saturated heterocycles. The van der Waals surface area contributed by atoms with Crippen LogP contribution < -0.4 is 10.9 Å². The molecule has 0 spiro atoms. The largest absolute Gasteiger partial charge is 0.422 e. The van der Waals surface area contributed by atoms with Gasteiger partial charge in [-0.15, -0.1) is 0 Å². The molecule has 1 aromatic heterocycles. The molecule has 0 amide bonds. The number of rotatable bonds is 2. The molecule has 4 heteroatoms. The highest BCUT2D eigenvalue weighted by molar-refractivity contribution is 6.31. The summed E-state index contributed by atoms with van der Waals surface area (Å²) in [5, 5.41) is 4.55. The minimum absolute atomic E-state index is 0.359. The van der Waals surface area contributed by atoms with Crippen LogP contribution in [-0.2, 0) is 0 Å². The molecule has 3 aromatic rings. The van der Waals surface area contributed by atoms with Gasteiger partial charge in [0.05, 0.1) is 5.56 Å². The highest BCUT2D eigenvalue weighted by atomic mass is 35.5. The molecule has 0 unspecified atom stereocenters. The number of para-hydroxylation sites is 1. The van der Waals surface area contributed by atoms with E-state index in [4.69, 9.17) is 16.0 Å². The zero-order valence-electron chi connectivity index (χ0n) is 10.8. The fourth-order valence-corrected chi connectivity index (χ4v) is 2.38. The Morgan fingerprint density at radius 2 is 1.85 bits per heavy atom. The third kappa shape index (κ3) is 2.17. The first-order chi connectivity index (χ1) is 9.69. The summed E-state index contributed by atoms with van der Waals surface area (Å²) in [4.78, 5) is 12.2. The van der Waals surface area contributed by atoms with Crippen molar-refractivity contribution < 1.29 is 4.42 Å². The Labute approximate surface area is 120 Å². The van der Waals surface area contributed by atoms with Crippen LogP contribution in [0.4, 0.5) is 5.69 Å². The Kier molecular flexibility index (Phi) is 3.20. The van der Waals surface area contributed by atoms with Crippen LogP contribution >= 0.6 is 11.6 Å². The number of fused-ring (bicyclic) bond motifs is 1. The quantitative estimate of drug-likeness (QED) is 0.719. The average Bonchev–Trinajstić information content (AvgIpc) is 2.46. The number of halogens is 1. The van der Waals surface area contributed by atoms with E-state index in [1.807, 2.05) is 30.3 Å². The van der Waals surface area contributed by atoms with Crippen molar-refractivity contribution in [3.63, 3.8) is 0 Å². The van der Waals surface area contributed by atoms with Gasteiger partial charge in [-0.2, -0.15) is 0 Å². The van der Waals surface area contributed by atoms with Gasteiger partial charge in [0.2, 0.25) is 0 Å². The maximum absolute atomic E-state index is 12.2. The third-order valence-electron chi connectivity index (χ3n) is 3.18. The van der Waals surface area contributed by atoms with Gasteiger partial charge in [-0.25, -0.2) is 4.79 Å². The molecule has 0 aliphatic rings. The molecule has 0 aliphatic carbocycles. The Hall–Kier alpha value is -2.26. The van der Waals surface area contributed by atoms with Crippen molar-refractivity contribution in [3.8, 4) is 11.1 Å². The van der Waals surface area contributed by atoms with E-state index in [2.05, 4.69) is 5.32 Å². The first-order valence-corrected chi connectivity index (χ1v) is 6.57. The van der Waals surface area contributed by atoms with Crippen LogP contribution in [0.5, 0.6) is 0 Å². The van der Waals surface area contributed by atoms with E-state index in [1.165, 1.54) is 0 Å². The van der Waals surface area contributed by atoms with Gasteiger partial charge in [-0.05, 0) is 24.3 Å². The highest BCUT2D eigenvalue weighted by Gasteiger charge is 2.11. The van der Waals surface area contributed by atoms with Crippen molar-refractivity contribution in [1.29, 1.82) is 0 Å². The lowest BCUT2D eigenvalue weighted by Gasteiger charge is -2.09. The molecule has 100 valence electrons. The monoisotopic (exact) mass is 285 g/mol. The fourth-order valence-electron chi connectivity index (χ4n) is 2.21. The second-order valence-corrected chi connectivity index (χ2v) is 4.86. The molecule has 3 rings (SSSR count). The summed E-state index contributed by atoms with van der Waals surface area (Å²) in [6.45, 7) is 0. The van der Waals surface area contributed by atoms with Crippen molar-refractivity contribution in [2.24, 2.45) is 0 Å². The van der Waals surface area contributed by atoms with E-state index in [0.29, 0.717) is 16.2 Å². The van der Waals surface area contributed by atoms with Gasteiger partial charge >= 0.3 is 5.63 Å². The van der Waals surface area contributed by atoms with Crippen LogP contribution in [0.15, 0.2) is 57.7 Å². The molecule has 1 heterocycles. The first-order valence-electron chi connectivity index (χ1n) is 6.19. The Balaban J connectivity index is 2.29. The predicted molar refractivity (Wildman–Crippen MR) is 82.5 cm³/mol. The summed E-state index contributed by atoms with van der Waals surface area (Å²) < 4.78 is 5.36. The summed E-state index contributed by atoms with van der Waals surface area (Å²) >= 11 is 5.98. The van der Waals surface area contributed by atoms with E-state index in [0.717, 1.165) is 16.6 Å². The van der Waals surface area contributed by atoms with Crippen LogP contribution in [0.3, 0.4) is 0 Å². The SMILES string of the molecule is CNc1cc(Cl)ccc1-c1cc2ccccc2oc1=O. The van der Waals surface area contributed by atoms with E-state index < -0.39 is 0 Å². The summed E-state index contributed by atoms with van der Waals surface area (Å²) in [5.74, 6) is 0. The molecule has 0 saturated carbocycles. The van der Waals surface area contributed by atoms with Crippen LogP contribution in [0.25, 0.3) is 22.1 Å². The van der Waals surface area contributed by atoms with Gasteiger partial charge < -0.3 is 9.73 Å². The lowest BCUT2D eigenvalue weighted by molar-refractivity contribution is 0.563. The van der Waals surface area contributed by atoms with Gasteiger partial charge in [-0.3, -0.25) is 0 Å². The van der Waals surface area contributed by atoms with Crippen LogP contribution in [0, 0.1) is 0 Å². The minimum atomic E-state index is -0.359. The number of hydrogen-bond donors (Lipinski definition) is 1. The number of nitrogens with one attached hydrogen (secondary N) is 1. The van der Waals surface area contributed by atoms with Gasteiger partial charge in [0.1, 0.15) is 5.58 Å². The standard InChI is InChI=1S/C16H12ClNO2/c1-18-14-9-11(17)6-7-12(14)13-8-10-4-2-3-5-15(10)20-16(13)19/h2-9,18H,1H3. The molecule has 0 radical (unpaired) electrons. The van der Waals surface area contributed by atoms with Gasteiger partial charge in [0.25, 0.3) is 0 Å². The van der Waals surface area contributed by atoms with Crippen molar-refractivity contribution in [1.82, 2.24) is 0 Å². The Morgan fingerprint density at radius 3 is 2.65 bits per heavy atom. The van der Waals surface area contributed by atoms with Crippen LogP contribution in [0.1, 0.15) is 0 Å². The minimum Gasteiger partial charge on any atom is -0.422 e. The topological polar surface area (TPSA) is 42.2 Å². The molecule has 0 fully saturated rings.